The average Bonchev–Trinajstić information content (AvgIpc) is 3.10. The van der Waals surface area contributed by atoms with Crippen LogP contribution in [0.25, 0.3) is 16.9 Å². The molecule has 150 valence electrons. The van der Waals surface area contributed by atoms with Crippen LogP contribution in [0.15, 0.2) is 48.7 Å². The summed E-state index contributed by atoms with van der Waals surface area (Å²) in [6, 6.07) is 11.7. The van der Waals surface area contributed by atoms with E-state index in [0.717, 1.165) is 30.0 Å². The smallest absolute Gasteiger partial charge is 0.229 e. The van der Waals surface area contributed by atoms with Gasteiger partial charge in [-0.2, -0.15) is 0 Å². The fourth-order valence-electron chi connectivity index (χ4n) is 3.31. The van der Waals surface area contributed by atoms with E-state index in [9.17, 15) is 9.18 Å². The van der Waals surface area contributed by atoms with E-state index in [1.807, 2.05) is 19.2 Å². The highest BCUT2D eigenvalue weighted by Crippen LogP contribution is 2.29. The fraction of sp³-hybridized carbons (Fsp3) is 0.286. The molecule has 3 heterocycles. The van der Waals surface area contributed by atoms with Gasteiger partial charge in [-0.25, -0.2) is 14.1 Å². The molecule has 29 heavy (non-hydrogen) atoms. The summed E-state index contributed by atoms with van der Waals surface area (Å²) in [6.07, 6.45) is 2.10. The van der Waals surface area contributed by atoms with Gasteiger partial charge < -0.3 is 9.64 Å². The third-order valence-corrected chi connectivity index (χ3v) is 5.00. The monoisotopic (exact) mass is 395 g/mol. The van der Waals surface area contributed by atoms with Gasteiger partial charge in [-0.3, -0.25) is 9.69 Å². The van der Waals surface area contributed by atoms with Gasteiger partial charge in [0.2, 0.25) is 11.8 Å². The predicted octanol–water partition coefficient (Wildman–Crippen LogP) is 2.75. The molecule has 4 rings (SSSR count). The maximum absolute atomic E-state index is 13.4. The first kappa shape index (κ1) is 19.1. The molecule has 3 aromatic rings. The largest absolute Gasteiger partial charge is 0.481 e. The molecule has 0 saturated carbocycles. The van der Waals surface area contributed by atoms with Crippen molar-refractivity contribution in [2.24, 2.45) is 0 Å². The third-order valence-electron chi connectivity index (χ3n) is 5.00. The Morgan fingerprint density at radius 1 is 1.07 bits per heavy atom. The van der Waals surface area contributed by atoms with Crippen LogP contribution < -0.4 is 9.64 Å². The fourth-order valence-corrected chi connectivity index (χ4v) is 3.31. The van der Waals surface area contributed by atoms with Crippen molar-refractivity contribution in [2.75, 3.05) is 38.7 Å². The third kappa shape index (κ3) is 3.97. The standard InChI is InChI=1S/C21H22FN5O2/c1-25-10-9-21(28)26(12-11-25)19-13-18(15-3-5-16(22)6-4-15)27(24-19)17-7-8-20(29-2)23-14-17/h3-8,13-14H,9-12H2,1-2H3. The minimum absolute atomic E-state index is 0.0394. The van der Waals surface area contributed by atoms with Crippen LogP contribution in [-0.4, -0.2) is 59.4 Å². The lowest BCUT2D eigenvalue weighted by molar-refractivity contribution is -0.118. The van der Waals surface area contributed by atoms with Crippen molar-refractivity contribution in [3.63, 3.8) is 0 Å². The average molecular weight is 395 g/mol. The molecule has 0 unspecified atom stereocenters. The molecule has 0 spiro atoms. The summed E-state index contributed by atoms with van der Waals surface area (Å²) in [5, 5.41) is 4.70. The lowest BCUT2D eigenvalue weighted by Gasteiger charge is -2.17. The number of likely N-dealkylation sites (N-methyl/N-ethyl adjacent to an activating group) is 1. The number of carbonyl (C=O) groups excluding carboxylic acids is 1. The predicted molar refractivity (Wildman–Crippen MR) is 108 cm³/mol. The number of methoxy groups -OCH3 is 1. The highest BCUT2D eigenvalue weighted by molar-refractivity contribution is 5.93. The van der Waals surface area contributed by atoms with Crippen LogP contribution in [0.3, 0.4) is 0 Å². The molecule has 0 bridgehead atoms. The van der Waals surface area contributed by atoms with Gasteiger partial charge in [0.05, 0.1) is 24.7 Å². The van der Waals surface area contributed by atoms with Gasteiger partial charge in [0.1, 0.15) is 5.82 Å². The number of ether oxygens (including phenoxy) is 1. The number of carbonyl (C=O) groups is 1. The number of nitrogens with zero attached hydrogens (tertiary/aromatic N) is 5. The van der Waals surface area contributed by atoms with Crippen LogP contribution >= 0.6 is 0 Å². The lowest BCUT2D eigenvalue weighted by Crippen LogP contribution is -2.32. The molecule has 1 aliphatic rings. The van der Waals surface area contributed by atoms with Crippen LogP contribution in [0.4, 0.5) is 10.2 Å². The zero-order valence-electron chi connectivity index (χ0n) is 16.4. The number of aromatic nitrogens is 3. The molecule has 1 aliphatic heterocycles. The van der Waals surface area contributed by atoms with Crippen molar-refractivity contribution in [3.8, 4) is 22.8 Å². The number of hydrogen-bond donors (Lipinski definition) is 0. The van der Waals surface area contributed by atoms with Crippen LogP contribution in [0.1, 0.15) is 6.42 Å². The number of pyridine rings is 1. The first-order valence-electron chi connectivity index (χ1n) is 9.40. The second kappa shape index (κ2) is 8.00. The normalized spacial score (nSPS) is 15.4. The molecule has 1 amide bonds. The summed E-state index contributed by atoms with van der Waals surface area (Å²) in [7, 11) is 3.56. The van der Waals surface area contributed by atoms with Gasteiger partial charge >= 0.3 is 0 Å². The van der Waals surface area contributed by atoms with E-state index in [1.54, 1.807) is 41.1 Å². The zero-order chi connectivity index (χ0) is 20.4. The van der Waals surface area contributed by atoms with Gasteiger partial charge in [-0.15, -0.1) is 5.10 Å². The Hall–Kier alpha value is -3.26. The van der Waals surface area contributed by atoms with Crippen LogP contribution in [-0.2, 0) is 4.79 Å². The Morgan fingerprint density at radius 2 is 1.86 bits per heavy atom. The van der Waals surface area contributed by atoms with Gasteiger partial charge in [0.25, 0.3) is 0 Å². The SMILES string of the molecule is COc1ccc(-n2nc(N3CCN(C)CCC3=O)cc2-c2ccc(F)cc2)cn1. The van der Waals surface area contributed by atoms with Gasteiger partial charge in [-0.1, -0.05) is 0 Å². The number of rotatable bonds is 4. The van der Waals surface area contributed by atoms with Crippen LogP contribution in [0.2, 0.25) is 0 Å². The summed E-state index contributed by atoms with van der Waals surface area (Å²) < 4.78 is 20.3. The minimum Gasteiger partial charge on any atom is -0.481 e. The molecule has 0 atom stereocenters. The molecule has 7 nitrogen and oxygen atoms in total. The lowest BCUT2D eigenvalue weighted by atomic mass is 10.1. The summed E-state index contributed by atoms with van der Waals surface area (Å²) in [5.74, 6) is 0.796. The number of amides is 1. The van der Waals surface area contributed by atoms with Gasteiger partial charge in [0.15, 0.2) is 5.82 Å². The van der Waals surface area contributed by atoms with Crippen LogP contribution in [0.5, 0.6) is 5.88 Å². The summed E-state index contributed by atoms with van der Waals surface area (Å²) in [4.78, 5) is 20.7. The molecule has 0 aliphatic carbocycles. The first-order valence-corrected chi connectivity index (χ1v) is 9.40. The van der Waals surface area contributed by atoms with E-state index in [1.165, 1.54) is 12.1 Å². The van der Waals surface area contributed by atoms with Crippen molar-refractivity contribution in [1.82, 2.24) is 19.7 Å². The van der Waals surface area contributed by atoms with Crippen LogP contribution in [0, 0.1) is 5.82 Å². The Bertz CT molecular complexity index is 1000. The molecule has 2 aromatic heterocycles. The molecule has 1 saturated heterocycles. The maximum atomic E-state index is 13.4. The highest BCUT2D eigenvalue weighted by atomic mass is 19.1. The second-order valence-corrected chi connectivity index (χ2v) is 6.96. The van der Waals surface area contributed by atoms with Crippen molar-refractivity contribution in [1.29, 1.82) is 0 Å². The summed E-state index contributed by atoms with van der Waals surface area (Å²) in [6.45, 7) is 2.06. The van der Waals surface area contributed by atoms with Crippen molar-refractivity contribution in [2.45, 2.75) is 6.42 Å². The highest BCUT2D eigenvalue weighted by Gasteiger charge is 2.24. The van der Waals surface area contributed by atoms with E-state index >= 15 is 0 Å². The molecule has 0 N–H and O–H groups in total. The number of halogens is 1. The van der Waals surface area contributed by atoms with E-state index in [4.69, 9.17) is 9.84 Å². The topological polar surface area (TPSA) is 63.5 Å². The van der Waals surface area contributed by atoms with E-state index < -0.39 is 0 Å². The number of hydrogen-bond acceptors (Lipinski definition) is 5. The zero-order valence-corrected chi connectivity index (χ0v) is 16.4. The molecule has 1 aromatic carbocycles. The Balaban J connectivity index is 1.79. The maximum Gasteiger partial charge on any atom is 0.229 e. The van der Waals surface area contributed by atoms with E-state index in [-0.39, 0.29) is 11.7 Å². The Morgan fingerprint density at radius 3 is 2.55 bits per heavy atom. The summed E-state index contributed by atoms with van der Waals surface area (Å²) >= 11 is 0. The molecule has 0 radical (unpaired) electrons. The Labute approximate surface area is 168 Å². The van der Waals surface area contributed by atoms with Gasteiger partial charge in [0, 0.05) is 43.8 Å². The number of benzene rings is 1. The minimum atomic E-state index is -0.308. The van der Waals surface area contributed by atoms with E-state index in [2.05, 4.69) is 9.88 Å². The van der Waals surface area contributed by atoms with E-state index in [0.29, 0.717) is 24.7 Å². The molecule has 1 fully saturated rings. The van der Waals surface area contributed by atoms with Crippen molar-refractivity contribution >= 4 is 11.7 Å². The molecular formula is C21H22FN5O2. The van der Waals surface area contributed by atoms with Crippen molar-refractivity contribution < 1.29 is 13.9 Å². The quantitative estimate of drug-likeness (QED) is 0.680. The molecular weight excluding hydrogens is 373 g/mol. The van der Waals surface area contributed by atoms with Crippen molar-refractivity contribution in [3.05, 3.63) is 54.5 Å². The first-order chi connectivity index (χ1) is 14.0. The Kier molecular flexibility index (Phi) is 5.26. The summed E-state index contributed by atoms with van der Waals surface area (Å²) in [5.41, 5.74) is 2.26. The molecule has 8 heteroatoms. The van der Waals surface area contributed by atoms with Gasteiger partial charge in [-0.05, 0) is 37.4 Å². The number of anilines is 1. The second-order valence-electron chi connectivity index (χ2n) is 6.96.